The number of benzene rings is 2. The first-order valence-electron chi connectivity index (χ1n) is 11.8. The monoisotopic (exact) mass is 444 g/mol. The summed E-state index contributed by atoms with van der Waals surface area (Å²) in [7, 11) is 2.16. The van der Waals surface area contributed by atoms with Crippen LogP contribution in [0, 0.1) is 5.41 Å². The SMILES string of the molecule is CCCCc1ccc(N2CC(O)=C(c3nc4ccc(N5CCN(C)CC5)cc4[nH]3)C2=N)cc1. The first kappa shape index (κ1) is 21.5. The first-order valence-corrected chi connectivity index (χ1v) is 11.8. The standard InChI is InChI=1S/C26H32N6O/c1-3-4-5-18-6-8-19(9-7-18)32-17-23(33)24(25(32)27)26-28-21-11-10-20(16-22(21)29-26)31-14-12-30(2)13-15-31/h6-11,16,27,33H,3-5,12-15,17H2,1-2H3,(H,28,29). The number of anilines is 2. The Morgan fingerprint density at radius 3 is 2.48 bits per heavy atom. The van der Waals surface area contributed by atoms with E-state index in [0.29, 0.717) is 11.4 Å². The molecule has 7 heteroatoms. The second-order valence-electron chi connectivity index (χ2n) is 9.10. The third kappa shape index (κ3) is 4.20. The Kier molecular flexibility index (Phi) is 5.81. The summed E-state index contributed by atoms with van der Waals surface area (Å²) >= 11 is 0. The van der Waals surface area contributed by atoms with Crippen molar-refractivity contribution in [1.82, 2.24) is 14.9 Å². The van der Waals surface area contributed by atoms with Crippen LogP contribution in [0.5, 0.6) is 0 Å². The smallest absolute Gasteiger partial charge is 0.145 e. The summed E-state index contributed by atoms with van der Waals surface area (Å²) < 4.78 is 0. The van der Waals surface area contributed by atoms with Crippen molar-refractivity contribution in [2.24, 2.45) is 0 Å². The molecular formula is C26H32N6O. The molecule has 0 bridgehead atoms. The van der Waals surface area contributed by atoms with E-state index >= 15 is 0 Å². The lowest BCUT2D eigenvalue weighted by Crippen LogP contribution is -2.44. The number of aliphatic hydroxyl groups excluding tert-OH is 1. The fourth-order valence-electron chi connectivity index (χ4n) is 4.65. The summed E-state index contributed by atoms with van der Waals surface area (Å²) in [6.07, 6.45) is 3.42. The van der Waals surface area contributed by atoms with Crippen LogP contribution in [-0.2, 0) is 6.42 Å². The highest BCUT2D eigenvalue weighted by Gasteiger charge is 2.31. The van der Waals surface area contributed by atoms with Crippen molar-refractivity contribution in [2.75, 3.05) is 49.6 Å². The van der Waals surface area contributed by atoms with Crippen molar-refractivity contribution >= 4 is 33.8 Å². The predicted octanol–water partition coefficient (Wildman–Crippen LogP) is 4.42. The Hall–Kier alpha value is -3.32. The Morgan fingerprint density at radius 1 is 1.03 bits per heavy atom. The minimum atomic E-state index is 0.174. The van der Waals surface area contributed by atoms with Crippen molar-refractivity contribution in [3.8, 4) is 0 Å². The molecule has 3 N–H and O–H groups in total. The van der Waals surface area contributed by atoms with E-state index in [4.69, 9.17) is 10.4 Å². The number of fused-ring (bicyclic) bond motifs is 1. The van der Waals surface area contributed by atoms with Crippen LogP contribution in [0.15, 0.2) is 48.2 Å². The van der Waals surface area contributed by atoms with Gasteiger partial charge in [-0.2, -0.15) is 0 Å². The Labute approximate surface area is 194 Å². The Morgan fingerprint density at radius 2 is 1.76 bits per heavy atom. The van der Waals surface area contributed by atoms with E-state index in [0.717, 1.165) is 49.3 Å². The fourth-order valence-corrected chi connectivity index (χ4v) is 4.65. The highest BCUT2D eigenvalue weighted by atomic mass is 16.3. The maximum Gasteiger partial charge on any atom is 0.145 e. The summed E-state index contributed by atoms with van der Waals surface area (Å²) in [5.41, 5.74) is 5.63. The largest absolute Gasteiger partial charge is 0.509 e. The summed E-state index contributed by atoms with van der Waals surface area (Å²) in [5, 5.41) is 19.5. The Balaban J connectivity index is 1.36. The number of piperazine rings is 1. The second kappa shape index (κ2) is 8.90. The van der Waals surface area contributed by atoms with Gasteiger partial charge in [0.2, 0.25) is 0 Å². The zero-order chi connectivity index (χ0) is 22.9. The zero-order valence-corrected chi connectivity index (χ0v) is 19.4. The third-order valence-corrected chi connectivity index (χ3v) is 6.74. The molecule has 1 aromatic heterocycles. The van der Waals surface area contributed by atoms with Gasteiger partial charge in [-0.3, -0.25) is 5.41 Å². The number of imidazole rings is 1. The molecule has 3 aromatic rings. The number of hydrogen-bond donors (Lipinski definition) is 3. The highest BCUT2D eigenvalue weighted by Crippen LogP contribution is 2.32. The number of aromatic amines is 1. The van der Waals surface area contributed by atoms with Gasteiger partial charge >= 0.3 is 0 Å². The number of aryl methyl sites for hydroxylation is 1. The molecule has 0 saturated carbocycles. The average molecular weight is 445 g/mol. The summed E-state index contributed by atoms with van der Waals surface area (Å²) in [4.78, 5) is 14.6. The molecule has 172 valence electrons. The van der Waals surface area contributed by atoms with Crippen LogP contribution in [0.2, 0.25) is 0 Å². The zero-order valence-electron chi connectivity index (χ0n) is 19.4. The number of unbranched alkanes of at least 4 members (excludes halogenated alkanes) is 1. The number of aliphatic hydroxyl groups is 1. The summed E-state index contributed by atoms with van der Waals surface area (Å²) in [6, 6.07) is 14.6. The first-order chi connectivity index (χ1) is 16.0. The number of nitrogens with one attached hydrogen (secondary N) is 2. The molecule has 0 spiro atoms. The van der Waals surface area contributed by atoms with E-state index in [1.165, 1.54) is 24.1 Å². The van der Waals surface area contributed by atoms with E-state index in [-0.39, 0.29) is 18.1 Å². The van der Waals surface area contributed by atoms with Crippen LogP contribution in [0.1, 0.15) is 31.2 Å². The number of amidine groups is 1. The van der Waals surface area contributed by atoms with Gasteiger partial charge in [0, 0.05) is 37.6 Å². The molecule has 2 aromatic carbocycles. The number of likely N-dealkylation sites (N-methyl/N-ethyl adjacent to an activating group) is 1. The van der Waals surface area contributed by atoms with Crippen LogP contribution in [-0.4, -0.2) is 65.6 Å². The quantitative estimate of drug-likeness (QED) is 0.524. The van der Waals surface area contributed by atoms with Crippen LogP contribution in [0.3, 0.4) is 0 Å². The highest BCUT2D eigenvalue weighted by molar-refractivity contribution is 6.30. The van der Waals surface area contributed by atoms with Crippen molar-refractivity contribution in [3.63, 3.8) is 0 Å². The van der Waals surface area contributed by atoms with Crippen LogP contribution in [0.4, 0.5) is 11.4 Å². The molecule has 1 saturated heterocycles. The van der Waals surface area contributed by atoms with Gasteiger partial charge in [0.05, 0.1) is 23.2 Å². The average Bonchev–Trinajstić information content (AvgIpc) is 3.37. The maximum absolute atomic E-state index is 10.7. The van der Waals surface area contributed by atoms with Crippen molar-refractivity contribution in [1.29, 1.82) is 5.41 Å². The lowest BCUT2D eigenvalue weighted by molar-refractivity contribution is 0.313. The van der Waals surface area contributed by atoms with Gasteiger partial charge < -0.3 is 24.8 Å². The van der Waals surface area contributed by atoms with Crippen molar-refractivity contribution in [2.45, 2.75) is 26.2 Å². The number of nitrogens with zero attached hydrogens (tertiary/aromatic N) is 4. The minimum Gasteiger partial charge on any atom is -0.509 e. The van der Waals surface area contributed by atoms with Gasteiger partial charge in [0.1, 0.15) is 17.4 Å². The van der Waals surface area contributed by atoms with Crippen molar-refractivity contribution in [3.05, 3.63) is 59.6 Å². The van der Waals surface area contributed by atoms with Crippen LogP contribution >= 0.6 is 0 Å². The van der Waals surface area contributed by atoms with E-state index < -0.39 is 0 Å². The Bertz CT molecular complexity index is 1190. The van der Waals surface area contributed by atoms with E-state index in [1.54, 1.807) is 0 Å². The van der Waals surface area contributed by atoms with Gasteiger partial charge in [0.25, 0.3) is 0 Å². The minimum absolute atomic E-state index is 0.174. The topological polar surface area (TPSA) is 82.5 Å². The van der Waals surface area contributed by atoms with E-state index in [9.17, 15) is 5.11 Å². The molecule has 0 amide bonds. The molecule has 0 radical (unpaired) electrons. The van der Waals surface area contributed by atoms with Gasteiger partial charge in [-0.1, -0.05) is 25.5 Å². The second-order valence-corrected chi connectivity index (χ2v) is 9.10. The molecule has 0 atom stereocenters. The fraction of sp³-hybridized carbons (Fsp3) is 0.385. The van der Waals surface area contributed by atoms with Gasteiger partial charge in [-0.05, 0) is 55.8 Å². The molecule has 2 aliphatic rings. The lowest BCUT2D eigenvalue weighted by Gasteiger charge is -2.34. The predicted molar refractivity (Wildman–Crippen MR) is 135 cm³/mol. The molecule has 7 nitrogen and oxygen atoms in total. The molecule has 3 heterocycles. The van der Waals surface area contributed by atoms with Gasteiger partial charge in [-0.15, -0.1) is 0 Å². The van der Waals surface area contributed by atoms with Crippen LogP contribution in [0.25, 0.3) is 16.6 Å². The molecular weight excluding hydrogens is 412 g/mol. The molecule has 33 heavy (non-hydrogen) atoms. The number of H-pyrrole nitrogens is 1. The normalized spacial score (nSPS) is 17.6. The number of aromatic nitrogens is 2. The molecule has 0 unspecified atom stereocenters. The molecule has 0 aliphatic carbocycles. The lowest BCUT2D eigenvalue weighted by atomic mass is 10.1. The molecule has 1 fully saturated rings. The summed E-state index contributed by atoms with van der Waals surface area (Å²) in [5.74, 6) is 0.991. The molecule has 2 aliphatic heterocycles. The maximum atomic E-state index is 10.7. The van der Waals surface area contributed by atoms with Crippen molar-refractivity contribution < 1.29 is 5.11 Å². The van der Waals surface area contributed by atoms with E-state index in [1.807, 2.05) is 23.1 Å². The number of rotatable bonds is 6. The summed E-state index contributed by atoms with van der Waals surface area (Å²) in [6.45, 7) is 6.60. The van der Waals surface area contributed by atoms with Gasteiger partial charge in [-0.25, -0.2) is 4.98 Å². The van der Waals surface area contributed by atoms with Gasteiger partial charge in [0.15, 0.2) is 0 Å². The third-order valence-electron chi connectivity index (χ3n) is 6.74. The number of hydrogen-bond acceptors (Lipinski definition) is 5. The van der Waals surface area contributed by atoms with Crippen LogP contribution < -0.4 is 9.80 Å². The molecule has 5 rings (SSSR count). The van der Waals surface area contributed by atoms with E-state index in [2.05, 4.69) is 53.0 Å².